The van der Waals surface area contributed by atoms with E-state index < -0.39 is 0 Å². The van der Waals surface area contributed by atoms with Crippen LogP contribution >= 0.6 is 0 Å². The maximum atomic E-state index is 12.1. The smallest absolute Gasteiger partial charge is 0.659 e. The van der Waals surface area contributed by atoms with Crippen molar-refractivity contribution in [3.63, 3.8) is 0 Å². The Balaban J connectivity index is 0.00000162. The maximum Gasteiger partial charge on any atom is 1.00 e. The topological polar surface area (TPSA) is 54.6 Å². The normalized spacial score (nSPS) is 30.4. The van der Waals surface area contributed by atoms with E-state index in [0.717, 1.165) is 45.3 Å². The Morgan fingerprint density at radius 1 is 1.42 bits per heavy atom. The van der Waals surface area contributed by atoms with Gasteiger partial charge >= 0.3 is 58.2 Å². The second-order valence-corrected chi connectivity index (χ2v) is 5.36. The van der Waals surface area contributed by atoms with Gasteiger partial charge in [-0.1, -0.05) is 6.42 Å². The Morgan fingerprint density at radius 2 is 2.16 bits per heavy atom. The van der Waals surface area contributed by atoms with E-state index in [-0.39, 0.29) is 96.7 Å². The molecule has 0 aromatic rings. The van der Waals surface area contributed by atoms with E-state index in [1.807, 2.05) is 4.90 Å². The Labute approximate surface area is 178 Å². The first kappa shape index (κ1) is 20.9. The van der Waals surface area contributed by atoms with Crippen LogP contribution in [-0.4, -0.2) is 47.7 Å². The van der Waals surface area contributed by atoms with E-state index in [1.165, 1.54) is 0 Å². The Bertz CT molecular complexity index is 281. The van der Waals surface area contributed by atoms with Gasteiger partial charge in [-0.05, 0) is 32.1 Å². The number of carbonyl (C=O) groups is 1. The summed E-state index contributed by atoms with van der Waals surface area (Å²) < 4.78 is 0. The zero-order valence-corrected chi connectivity index (χ0v) is 19.6. The van der Waals surface area contributed by atoms with Gasteiger partial charge in [0.25, 0.3) is 0 Å². The largest absolute Gasteiger partial charge is 1.00 e. The van der Waals surface area contributed by atoms with Crippen molar-refractivity contribution in [2.75, 3.05) is 19.6 Å². The fourth-order valence-corrected chi connectivity index (χ4v) is 2.95. The molecule has 1 aliphatic carbocycles. The number of hydrogen-bond acceptors (Lipinski definition) is 2. The van der Waals surface area contributed by atoms with Crippen LogP contribution in [0.15, 0.2) is 0 Å². The van der Waals surface area contributed by atoms with Crippen LogP contribution in [0.3, 0.4) is 0 Å². The third-order valence-corrected chi connectivity index (χ3v) is 4.09. The van der Waals surface area contributed by atoms with Gasteiger partial charge in [-0.15, -0.1) is 13.1 Å². The van der Waals surface area contributed by atoms with Crippen LogP contribution in [0.2, 0.25) is 0 Å². The molecule has 105 valence electrons. The molecule has 19 heavy (non-hydrogen) atoms. The van der Waals surface area contributed by atoms with Gasteiger partial charge in [-0.2, -0.15) is 0 Å². The minimum absolute atomic E-state index is 0. The van der Waals surface area contributed by atoms with Gasteiger partial charge in [0, 0.05) is 39.4 Å². The molecule has 4 nitrogen and oxygen atoms in total. The summed E-state index contributed by atoms with van der Waals surface area (Å²) in [6.07, 6.45) is 4.37. The van der Waals surface area contributed by atoms with E-state index in [9.17, 15) is 9.90 Å². The minimum Gasteiger partial charge on any atom is -0.659 e. The van der Waals surface area contributed by atoms with E-state index in [2.05, 4.69) is 12.2 Å². The summed E-state index contributed by atoms with van der Waals surface area (Å²) in [5.74, 6) is 0.593. The summed E-state index contributed by atoms with van der Waals surface area (Å²) in [4.78, 5) is 14.0. The fraction of sp³-hybridized carbons (Fsp3) is 0.923. The second-order valence-electron chi connectivity index (χ2n) is 5.36. The molecule has 0 spiro atoms. The summed E-state index contributed by atoms with van der Waals surface area (Å²) >= 11 is 0. The molecule has 2 fully saturated rings. The number of piperazine rings is 1. The van der Waals surface area contributed by atoms with Crippen LogP contribution in [-0.2, 0) is 25.2 Å². The first-order chi connectivity index (χ1) is 8.18. The fourth-order valence-electron chi connectivity index (χ4n) is 2.95. The maximum absolute atomic E-state index is 12.1. The van der Waals surface area contributed by atoms with Gasteiger partial charge in [0.05, 0.1) is 6.10 Å². The van der Waals surface area contributed by atoms with E-state index in [4.69, 9.17) is 0 Å². The van der Waals surface area contributed by atoms with Gasteiger partial charge in [-0.3, -0.25) is 4.79 Å². The molecule has 3 atom stereocenters. The van der Waals surface area contributed by atoms with Crippen molar-refractivity contribution in [2.24, 2.45) is 5.92 Å². The Kier molecular flexibility index (Phi) is 11.6. The number of rotatable bonds is 3. The molecule has 0 aromatic carbocycles. The van der Waals surface area contributed by atoms with Crippen LogP contribution in [0, 0.1) is 5.92 Å². The molecule has 0 bridgehead atoms. The molecule has 2 aliphatic rings. The first-order valence-electron chi connectivity index (χ1n) is 6.79. The van der Waals surface area contributed by atoms with Gasteiger partial charge < -0.3 is 15.3 Å². The summed E-state index contributed by atoms with van der Waals surface area (Å²) in [6, 6.07) is 0.254. The van der Waals surface area contributed by atoms with Crippen molar-refractivity contribution in [2.45, 2.75) is 51.2 Å². The molecule has 2 unspecified atom stereocenters. The molecule has 1 amide bonds. The van der Waals surface area contributed by atoms with Crippen LogP contribution in [0.5, 0.6) is 0 Å². The number of amides is 1. The molecule has 1 radical (unpaired) electrons. The summed E-state index contributed by atoms with van der Waals surface area (Å²) in [7, 11) is 0. The first-order valence-corrected chi connectivity index (χ1v) is 6.79. The molecule has 1 saturated carbocycles. The Morgan fingerprint density at radius 3 is 2.74 bits per heavy atom. The number of aliphatic hydroxyl groups excluding tert-OH is 1. The third-order valence-electron chi connectivity index (χ3n) is 4.09. The third kappa shape index (κ3) is 6.24. The van der Waals surface area contributed by atoms with E-state index >= 15 is 0 Å². The molecule has 0 aromatic heterocycles. The zero-order valence-electron chi connectivity index (χ0n) is 12.0. The van der Waals surface area contributed by atoms with Crippen molar-refractivity contribution in [1.82, 2.24) is 4.90 Å². The average molecular weight is 511 g/mol. The Hall–Kier alpha value is 1.86. The number of carbonyl (C=O) groups excluding carboxylic acids is 1. The molecule has 2 rings (SSSR count). The molecule has 6 heteroatoms. The monoisotopic (exact) mass is 511 g/mol. The number of aliphatic hydroxyl groups is 1. The predicted octanol–water partition coefficient (Wildman–Crippen LogP) is -1.47. The second kappa shape index (κ2) is 10.6. The van der Waals surface area contributed by atoms with Crippen LogP contribution in [0.25, 0.3) is 5.32 Å². The summed E-state index contributed by atoms with van der Waals surface area (Å²) in [5, 5.41) is 14.0. The molecular weight excluding hydrogens is 488 g/mol. The van der Waals surface area contributed by atoms with E-state index in [1.54, 1.807) is 0 Å². The zero-order chi connectivity index (χ0) is 12.3. The molecular formula is C13H23N2O2RbRe. The van der Waals surface area contributed by atoms with Crippen LogP contribution < -0.4 is 58.2 Å². The van der Waals surface area contributed by atoms with Crippen LogP contribution in [0.1, 0.15) is 39.0 Å². The molecule has 1 saturated heterocycles. The van der Waals surface area contributed by atoms with Crippen molar-refractivity contribution < 1.29 is 88.5 Å². The summed E-state index contributed by atoms with van der Waals surface area (Å²) in [6.45, 7) is 4.39. The predicted molar refractivity (Wildman–Crippen MR) is 66.8 cm³/mol. The van der Waals surface area contributed by atoms with Crippen molar-refractivity contribution in [1.29, 1.82) is 0 Å². The van der Waals surface area contributed by atoms with Gasteiger partial charge in [-0.25, -0.2) is 0 Å². The molecule has 1 N–H and O–H groups in total. The average Bonchev–Trinajstić information content (AvgIpc) is 2.72. The SMILES string of the molecule is C[C@@H]1C[N-]CCN1C(=O)CCC1CCCC1O.[Rb+].[Re]. The van der Waals surface area contributed by atoms with Crippen molar-refractivity contribution in [3.05, 3.63) is 5.32 Å². The molecule has 1 aliphatic heterocycles. The minimum atomic E-state index is -0.170. The number of hydrogen-bond donors (Lipinski definition) is 1. The molecule has 1 heterocycles. The standard InChI is InChI=1S/C13H23N2O2.Rb.Re/c1-10-9-14-7-8-15(10)13(17)6-5-11-3-2-4-12(11)16;;/h10-12,16H,2-9H2,1H3;;/q-1;+1;/t10-,11?,12?;;/m1../s1. The van der Waals surface area contributed by atoms with Crippen molar-refractivity contribution >= 4 is 5.91 Å². The number of nitrogens with zero attached hydrogens (tertiary/aromatic N) is 2. The van der Waals surface area contributed by atoms with Gasteiger partial charge in [0.2, 0.25) is 5.91 Å². The summed E-state index contributed by atoms with van der Waals surface area (Å²) in [5.41, 5.74) is 0. The quantitative estimate of drug-likeness (QED) is 0.504. The van der Waals surface area contributed by atoms with Gasteiger partial charge in [0.1, 0.15) is 0 Å². The van der Waals surface area contributed by atoms with E-state index in [0.29, 0.717) is 12.3 Å². The van der Waals surface area contributed by atoms with Crippen molar-refractivity contribution in [3.8, 4) is 0 Å². The van der Waals surface area contributed by atoms with Crippen LogP contribution in [0.4, 0.5) is 0 Å². The van der Waals surface area contributed by atoms with Gasteiger partial charge in [0.15, 0.2) is 0 Å².